The molecule has 0 unspecified atom stereocenters. The van der Waals surface area contributed by atoms with Crippen molar-refractivity contribution in [3.05, 3.63) is 18.0 Å². The molecule has 2 amide bonds. The van der Waals surface area contributed by atoms with Crippen LogP contribution in [-0.4, -0.2) is 78.8 Å². The molecular weight excluding hydrogens is 348 g/mol. The zero-order valence-corrected chi connectivity index (χ0v) is 16.2. The second-order valence-electron chi connectivity index (χ2n) is 7.51. The number of piperazine rings is 1. The summed E-state index contributed by atoms with van der Waals surface area (Å²) in [6.07, 6.45) is 4.26. The number of ether oxygens (including phenoxy) is 1. The average molecular weight is 378 g/mol. The molecule has 2 aliphatic rings. The minimum absolute atomic E-state index is 0.0320. The fourth-order valence-electron chi connectivity index (χ4n) is 3.83. The van der Waals surface area contributed by atoms with Crippen molar-refractivity contribution >= 4 is 11.8 Å². The van der Waals surface area contributed by atoms with Gasteiger partial charge in [-0.1, -0.05) is 12.1 Å². The summed E-state index contributed by atoms with van der Waals surface area (Å²) in [5.41, 5.74) is 0.264. The maximum Gasteiger partial charge on any atom is 0.273 e. The lowest BCUT2D eigenvalue weighted by Gasteiger charge is -2.39. The highest BCUT2D eigenvalue weighted by atomic mass is 16.5. The Morgan fingerprint density at radius 3 is 2.74 bits per heavy atom. The Hall–Kier alpha value is -1.93. The standard InChI is InChI=1S/C19H30N4O4/c1-3-11-26-17-13-14(19(25)23-9-7-22(2)8-10-23)4-5-15(17)20-18(24)16-6-12-27-21-16/h6,12,14-15,17H,3-5,7-11,13H2,1-2H3,(H,20,24)/t14-,15+,17+/m0/s1. The minimum atomic E-state index is -0.261. The molecule has 3 rings (SSSR count). The third-order valence-electron chi connectivity index (χ3n) is 5.48. The molecule has 0 spiro atoms. The summed E-state index contributed by atoms with van der Waals surface area (Å²) in [5, 5.41) is 6.69. The van der Waals surface area contributed by atoms with Crippen molar-refractivity contribution in [1.29, 1.82) is 0 Å². The third-order valence-corrected chi connectivity index (χ3v) is 5.48. The molecule has 1 N–H and O–H groups in total. The Bertz CT molecular complexity index is 613. The topological polar surface area (TPSA) is 87.9 Å². The summed E-state index contributed by atoms with van der Waals surface area (Å²) in [6.45, 7) is 6.10. The molecule has 1 aliphatic heterocycles. The highest BCUT2D eigenvalue weighted by Gasteiger charge is 2.37. The summed E-state index contributed by atoms with van der Waals surface area (Å²) in [7, 11) is 2.08. The Kier molecular flexibility index (Phi) is 6.84. The number of hydrogen-bond donors (Lipinski definition) is 1. The number of carbonyl (C=O) groups excluding carboxylic acids is 2. The summed E-state index contributed by atoms with van der Waals surface area (Å²) < 4.78 is 10.8. The van der Waals surface area contributed by atoms with Crippen molar-refractivity contribution < 1.29 is 18.8 Å². The quantitative estimate of drug-likeness (QED) is 0.799. The van der Waals surface area contributed by atoms with Gasteiger partial charge in [0.25, 0.3) is 5.91 Å². The molecule has 1 aromatic rings. The third kappa shape index (κ3) is 5.07. The van der Waals surface area contributed by atoms with Gasteiger partial charge in [-0.15, -0.1) is 0 Å². The molecule has 1 aliphatic carbocycles. The molecule has 1 saturated carbocycles. The molecule has 8 heteroatoms. The molecule has 2 fully saturated rings. The summed E-state index contributed by atoms with van der Waals surface area (Å²) in [6, 6.07) is 1.43. The number of aromatic nitrogens is 1. The van der Waals surface area contributed by atoms with Crippen LogP contribution in [0.4, 0.5) is 0 Å². The van der Waals surface area contributed by atoms with Gasteiger partial charge in [-0.3, -0.25) is 9.59 Å². The Morgan fingerprint density at radius 1 is 1.30 bits per heavy atom. The van der Waals surface area contributed by atoms with Crippen molar-refractivity contribution in [2.75, 3.05) is 39.8 Å². The molecule has 1 aromatic heterocycles. The van der Waals surface area contributed by atoms with Gasteiger partial charge in [0.15, 0.2) is 5.69 Å². The predicted molar refractivity (Wildman–Crippen MR) is 99.2 cm³/mol. The molecule has 27 heavy (non-hydrogen) atoms. The number of nitrogens with one attached hydrogen (secondary N) is 1. The number of hydrogen-bond acceptors (Lipinski definition) is 6. The first-order valence-corrected chi connectivity index (χ1v) is 9.88. The minimum Gasteiger partial charge on any atom is -0.376 e. The van der Waals surface area contributed by atoms with Gasteiger partial charge in [0.2, 0.25) is 5.91 Å². The number of likely N-dealkylation sites (N-methyl/N-ethyl adjacent to an activating group) is 1. The molecule has 3 atom stereocenters. The van der Waals surface area contributed by atoms with Gasteiger partial charge in [0.1, 0.15) is 6.26 Å². The van der Waals surface area contributed by atoms with Gasteiger partial charge < -0.3 is 24.4 Å². The van der Waals surface area contributed by atoms with E-state index in [9.17, 15) is 9.59 Å². The van der Waals surface area contributed by atoms with E-state index in [4.69, 9.17) is 9.26 Å². The lowest BCUT2D eigenvalue weighted by Crippen LogP contribution is -2.53. The Balaban J connectivity index is 1.59. The van der Waals surface area contributed by atoms with Crippen molar-refractivity contribution in [2.45, 2.75) is 44.8 Å². The molecule has 2 heterocycles. The van der Waals surface area contributed by atoms with E-state index in [2.05, 4.69) is 29.3 Å². The van der Waals surface area contributed by atoms with Crippen molar-refractivity contribution in [2.24, 2.45) is 5.92 Å². The number of carbonyl (C=O) groups is 2. The van der Waals surface area contributed by atoms with Crippen LogP contribution in [0.25, 0.3) is 0 Å². The smallest absolute Gasteiger partial charge is 0.273 e. The van der Waals surface area contributed by atoms with Gasteiger partial charge >= 0.3 is 0 Å². The van der Waals surface area contributed by atoms with Crippen LogP contribution in [0.2, 0.25) is 0 Å². The van der Waals surface area contributed by atoms with E-state index in [1.807, 2.05) is 4.90 Å². The maximum atomic E-state index is 12.9. The van der Waals surface area contributed by atoms with E-state index in [1.54, 1.807) is 6.07 Å². The summed E-state index contributed by atoms with van der Waals surface area (Å²) >= 11 is 0. The molecule has 0 radical (unpaired) electrons. The molecule has 1 saturated heterocycles. The molecule has 0 aromatic carbocycles. The SMILES string of the molecule is CCCO[C@@H]1C[C@@H](C(=O)N2CCN(C)CC2)CC[C@H]1NC(=O)c1ccon1. The zero-order valence-electron chi connectivity index (χ0n) is 16.2. The fourth-order valence-corrected chi connectivity index (χ4v) is 3.83. The number of rotatable bonds is 6. The lowest BCUT2D eigenvalue weighted by atomic mass is 9.82. The van der Waals surface area contributed by atoms with E-state index in [0.717, 1.165) is 45.4 Å². The number of amides is 2. The first kappa shape index (κ1) is 19.8. The average Bonchev–Trinajstić information content (AvgIpc) is 3.22. The molecule has 0 bridgehead atoms. The summed E-state index contributed by atoms with van der Waals surface area (Å²) in [4.78, 5) is 29.5. The highest BCUT2D eigenvalue weighted by molar-refractivity contribution is 5.92. The van der Waals surface area contributed by atoms with E-state index in [-0.39, 0.29) is 35.6 Å². The van der Waals surface area contributed by atoms with Crippen LogP contribution in [-0.2, 0) is 9.53 Å². The van der Waals surface area contributed by atoms with Gasteiger partial charge in [-0.2, -0.15) is 0 Å². The normalized spacial score (nSPS) is 26.7. The van der Waals surface area contributed by atoms with Crippen molar-refractivity contribution in [3.8, 4) is 0 Å². The van der Waals surface area contributed by atoms with E-state index in [1.165, 1.54) is 6.26 Å². The largest absolute Gasteiger partial charge is 0.376 e. The van der Waals surface area contributed by atoms with E-state index in [0.29, 0.717) is 13.0 Å². The van der Waals surface area contributed by atoms with Gasteiger partial charge in [-0.25, -0.2) is 0 Å². The van der Waals surface area contributed by atoms with Crippen LogP contribution < -0.4 is 5.32 Å². The van der Waals surface area contributed by atoms with Gasteiger partial charge in [0, 0.05) is 44.8 Å². The van der Waals surface area contributed by atoms with Gasteiger partial charge in [-0.05, 0) is 32.7 Å². The van der Waals surface area contributed by atoms with Crippen LogP contribution in [0.1, 0.15) is 43.1 Å². The van der Waals surface area contributed by atoms with Crippen LogP contribution in [0, 0.1) is 5.92 Å². The molecule has 150 valence electrons. The van der Waals surface area contributed by atoms with E-state index < -0.39 is 0 Å². The lowest BCUT2D eigenvalue weighted by molar-refractivity contribution is -0.140. The second kappa shape index (κ2) is 9.32. The van der Waals surface area contributed by atoms with Crippen molar-refractivity contribution in [1.82, 2.24) is 20.3 Å². The van der Waals surface area contributed by atoms with Crippen LogP contribution >= 0.6 is 0 Å². The van der Waals surface area contributed by atoms with Crippen LogP contribution in [0.5, 0.6) is 0 Å². The van der Waals surface area contributed by atoms with Gasteiger partial charge in [0.05, 0.1) is 12.1 Å². The monoisotopic (exact) mass is 378 g/mol. The van der Waals surface area contributed by atoms with Crippen LogP contribution in [0.15, 0.2) is 16.9 Å². The van der Waals surface area contributed by atoms with E-state index >= 15 is 0 Å². The highest BCUT2D eigenvalue weighted by Crippen LogP contribution is 2.29. The number of nitrogens with zero attached hydrogens (tertiary/aromatic N) is 3. The Morgan fingerprint density at radius 2 is 2.07 bits per heavy atom. The second-order valence-corrected chi connectivity index (χ2v) is 7.51. The zero-order chi connectivity index (χ0) is 19.2. The maximum absolute atomic E-state index is 12.9. The Labute approximate surface area is 160 Å². The first-order chi connectivity index (χ1) is 13.1. The van der Waals surface area contributed by atoms with Crippen LogP contribution in [0.3, 0.4) is 0 Å². The van der Waals surface area contributed by atoms with Crippen molar-refractivity contribution in [3.63, 3.8) is 0 Å². The first-order valence-electron chi connectivity index (χ1n) is 9.88. The molecular formula is C19H30N4O4. The molecule has 8 nitrogen and oxygen atoms in total. The summed E-state index contributed by atoms with van der Waals surface area (Å²) in [5.74, 6) is -0.0624. The fraction of sp³-hybridized carbons (Fsp3) is 0.737. The predicted octanol–water partition coefficient (Wildman–Crippen LogP) is 1.14.